The molecule has 0 aliphatic carbocycles. The molecule has 2 heterocycles. The van der Waals surface area contributed by atoms with Gasteiger partial charge in [0, 0.05) is 23.8 Å². The van der Waals surface area contributed by atoms with Crippen LogP contribution < -0.4 is 15.4 Å². The molecule has 4 rings (SSSR count). The van der Waals surface area contributed by atoms with Gasteiger partial charge in [0.15, 0.2) is 0 Å². The average Bonchev–Trinajstić information content (AvgIpc) is 2.84. The van der Waals surface area contributed by atoms with Crippen molar-refractivity contribution in [2.24, 2.45) is 0 Å². The Kier molecular flexibility index (Phi) is 6.75. The van der Waals surface area contributed by atoms with Gasteiger partial charge in [-0.3, -0.25) is 4.98 Å². The second kappa shape index (κ2) is 10.2. The molecule has 0 aliphatic rings. The largest absolute Gasteiger partial charge is 0.455 e. The van der Waals surface area contributed by atoms with Crippen molar-refractivity contribution in [3.63, 3.8) is 0 Å². The molecule has 0 bridgehead atoms. The fraction of sp³-hybridized carbons (Fsp3) is 0.120. The summed E-state index contributed by atoms with van der Waals surface area (Å²) in [5, 5.41) is 6.87. The molecule has 2 aromatic carbocycles. The first-order valence-corrected chi connectivity index (χ1v) is 10.3. The van der Waals surface area contributed by atoms with Crippen LogP contribution in [0.2, 0.25) is 0 Å². The van der Waals surface area contributed by atoms with Gasteiger partial charge in [0.05, 0.1) is 18.8 Å². The molecule has 0 unspecified atom stereocenters. The number of rotatable bonds is 7. The minimum absolute atomic E-state index is 0.369. The monoisotopic (exact) mass is 441 g/mol. The van der Waals surface area contributed by atoms with E-state index in [4.69, 9.17) is 4.74 Å². The Morgan fingerprint density at radius 2 is 2.03 bits per heavy atom. The second-order valence-electron chi connectivity index (χ2n) is 7.17. The Hall–Kier alpha value is -4.46. The lowest BCUT2D eigenvalue weighted by molar-refractivity contribution is 0.172. The van der Waals surface area contributed by atoms with E-state index in [-0.39, 0.29) is 0 Å². The molecule has 1 amide bonds. The van der Waals surface area contributed by atoms with Crippen molar-refractivity contribution in [1.29, 1.82) is 0 Å². The van der Waals surface area contributed by atoms with Gasteiger partial charge in [-0.05, 0) is 60.5 Å². The van der Waals surface area contributed by atoms with Crippen molar-refractivity contribution in [3.05, 3.63) is 84.5 Å². The summed E-state index contributed by atoms with van der Waals surface area (Å²) in [5.74, 6) is 2.14. The van der Waals surface area contributed by atoms with Crippen LogP contribution in [-0.2, 0) is 4.74 Å². The Bertz CT molecular complexity index is 1290. The Morgan fingerprint density at radius 3 is 2.82 bits per heavy atom. The van der Waals surface area contributed by atoms with Crippen LogP contribution in [0.4, 0.5) is 16.3 Å². The summed E-state index contributed by atoms with van der Waals surface area (Å²) in [7, 11) is 1.33. The zero-order chi connectivity index (χ0) is 23.0. The first-order chi connectivity index (χ1) is 16.1. The molecule has 8 heteroatoms. The maximum atomic E-state index is 11.1. The lowest BCUT2D eigenvalue weighted by atomic mass is 10.1. The van der Waals surface area contributed by atoms with Crippen LogP contribution in [0.3, 0.4) is 0 Å². The molecule has 0 aliphatic heterocycles. The molecule has 0 fully saturated rings. The molecule has 0 saturated carbocycles. The van der Waals surface area contributed by atoms with Crippen molar-refractivity contribution < 1.29 is 14.3 Å². The van der Waals surface area contributed by atoms with Crippen molar-refractivity contribution in [1.82, 2.24) is 20.3 Å². The van der Waals surface area contributed by atoms with E-state index in [1.165, 1.54) is 13.4 Å². The van der Waals surface area contributed by atoms with Crippen LogP contribution in [0, 0.1) is 6.92 Å². The highest BCUT2D eigenvalue weighted by molar-refractivity contribution is 5.92. The van der Waals surface area contributed by atoms with Crippen molar-refractivity contribution in [3.8, 4) is 11.5 Å². The number of aromatic nitrogens is 3. The number of anilines is 2. The van der Waals surface area contributed by atoms with E-state index < -0.39 is 6.09 Å². The molecular weight excluding hydrogens is 418 g/mol. The maximum Gasteiger partial charge on any atom is 0.407 e. The quantitative estimate of drug-likeness (QED) is 0.405. The third-order valence-electron chi connectivity index (χ3n) is 4.82. The molecule has 166 valence electrons. The number of fused-ring (bicyclic) bond motifs is 1. The Morgan fingerprint density at radius 1 is 1.12 bits per heavy atom. The summed E-state index contributed by atoms with van der Waals surface area (Å²) in [6.07, 6.45) is 8.22. The smallest absolute Gasteiger partial charge is 0.407 e. The van der Waals surface area contributed by atoms with E-state index in [0.29, 0.717) is 18.1 Å². The number of hydrogen-bond donors (Lipinski definition) is 2. The lowest BCUT2D eigenvalue weighted by Gasteiger charge is -2.12. The fourth-order valence-electron chi connectivity index (χ4n) is 3.20. The molecule has 2 N–H and O–H groups in total. The predicted molar refractivity (Wildman–Crippen MR) is 128 cm³/mol. The summed E-state index contributed by atoms with van der Waals surface area (Å²) in [6, 6.07) is 15.4. The van der Waals surface area contributed by atoms with Gasteiger partial charge in [-0.2, -0.15) is 0 Å². The summed E-state index contributed by atoms with van der Waals surface area (Å²) in [5.41, 5.74) is 3.65. The Balaban J connectivity index is 1.52. The summed E-state index contributed by atoms with van der Waals surface area (Å²) in [6.45, 7) is 2.36. The zero-order valence-corrected chi connectivity index (χ0v) is 18.3. The van der Waals surface area contributed by atoms with E-state index in [0.717, 1.165) is 33.5 Å². The van der Waals surface area contributed by atoms with Crippen LogP contribution in [-0.4, -0.2) is 34.7 Å². The average molecular weight is 441 g/mol. The van der Waals surface area contributed by atoms with Gasteiger partial charge in [-0.15, -0.1) is 0 Å². The number of nitrogens with one attached hydrogen (secondary N) is 2. The number of alkyl carbamates (subject to hydrolysis) is 1. The molecule has 2 aromatic heterocycles. The molecule has 8 nitrogen and oxygen atoms in total. The summed E-state index contributed by atoms with van der Waals surface area (Å²) < 4.78 is 10.5. The molecule has 0 spiro atoms. The molecule has 33 heavy (non-hydrogen) atoms. The highest BCUT2D eigenvalue weighted by Crippen LogP contribution is 2.29. The molecule has 0 saturated heterocycles. The molecular formula is C25H23N5O3. The summed E-state index contributed by atoms with van der Waals surface area (Å²) >= 11 is 0. The van der Waals surface area contributed by atoms with Gasteiger partial charge < -0.3 is 20.1 Å². The van der Waals surface area contributed by atoms with E-state index in [9.17, 15) is 4.79 Å². The minimum atomic E-state index is -0.467. The lowest BCUT2D eigenvalue weighted by Crippen LogP contribution is -2.22. The van der Waals surface area contributed by atoms with E-state index in [2.05, 4.69) is 30.3 Å². The standard InChI is InChI=1S/C25H23N5O3/c1-17-13-19(8-10-23(17)33-20-6-4-11-26-15-20)30-24-21-14-18(5-3-12-27-25(31)32-2)7-9-22(21)28-16-29-24/h3-11,13-16H,12H2,1-2H3,(H,27,31)(H,28,29,30). The van der Waals surface area contributed by atoms with Crippen LogP contribution >= 0.6 is 0 Å². The van der Waals surface area contributed by atoms with Gasteiger partial charge in [-0.25, -0.2) is 14.8 Å². The number of nitrogens with zero attached hydrogens (tertiary/aromatic N) is 3. The van der Waals surface area contributed by atoms with Crippen molar-refractivity contribution in [2.45, 2.75) is 6.92 Å². The summed E-state index contributed by atoms with van der Waals surface area (Å²) in [4.78, 5) is 24.0. The van der Waals surface area contributed by atoms with Crippen molar-refractivity contribution >= 4 is 34.6 Å². The number of carbonyl (C=O) groups excluding carboxylic acids is 1. The first kappa shape index (κ1) is 21.8. The highest BCUT2D eigenvalue weighted by Gasteiger charge is 2.08. The zero-order valence-electron chi connectivity index (χ0n) is 18.3. The fourth-order valence-corrected chi connectivity index (χ4v) is 3.20. The van der Waals surface area contributed by atoms with E-state index >= 15 is 0 Å². The third-order valence-corrected chi connectivity index (χ3v) is 4.82. The molecule has 0 atom stereocenters. The van der Waals surface area contributed by atoms with Crippen LogP contribution in [0.15, 0.2) is 73.3 Å². The minimum Gasteiger partial charge on any atom is -0.455 e. The number of pyridine rings is 1. The van der Waals surface area contributed by atoms with Crippen LogP contribution in [0.25, 0.3) is 17.0 Å². The van der Waals surface area contributed by atoms with Gasteiger partial charge in [0.2, 0.25) is 0 Å². The normalized spacial score (nSPS) is 10.8. The van der Waals surface area contributed by atoms with Crippen LogP contribution in [0.5, 0.6) is 11.5 Å². The Labute approximate surface area is 191 Å². The van der Waals surface area contributed by atoms with Gasteiger partial charge in [0.1, 0.15) is 23.6 Å². The van der Waals surface area contributed by atoms with E-state index in [1.807, 2.05) is 67.6 Å². The second-order valence-corrected chi connectivity index (χ2v) is 7.17. The number of amides is 1. The topological polar surface area (TPSA) is 98.3 Å². The van der Waals surface area contributed by atoms with Gasteiger partial charge >= 0.3 is 6.09 Å². The number of hydrogen-bond acceptors (Lipinski definition) is 7. The predicted octanol–water partition coefficient (Wildman–Crippen LogP) is 5.24. The molecule has 4 aromatic rings. The molecule has 0 radical (unpaired) electrons. The highest BCUT2D eigenvalue weighted by atomic mass is 16.5. The van der Waals surface area contributed by atoms with Gasteiger partial charge in [0.25, 0.3) is 0 Å². The number of ether oxygens (including phenoxy) is 2. The van der Waals surface area contributed by atoms with Gasteiger partial charge in [-0.1, -0.05) is 18.2 Å². The first-order valence-electron chi connectivity index (χ1n) is 10.3. The number of aryl methyl sites for hydroxylation is 1. The number of methoxy groups -OCH3 is 1. The van der Waals surface area contributed by atoms with Crippen molar-refractivity contribution in [2.75, 3.05) is 19.0 Å². The van der Waals surface area contributed by atoms with Crippen LogP contribution in [0.1, 0.15) is 11.1 Å². The number of carbonyl (C=O) groups is 1. The van der Waals surface area contributed by atoms with E-state index in [1.54, 1.807) is 12.4 Å². The SMILES string of the molecule is COC(=O)NCC=Cc1ccc2ncnc(Nc3ccc(Oc4cccnc4)c(C)c3)c2c1. The third kappa shape index (κ3) is 5.62. The number of benzene rings is 2. The maximum absolute atomic E-state index is 11.1.